The first kappa shape index (κ1) is 15.3. The first-order valence-electron chi connectivity index (χ1n) is 5.18. The second-order valence-electron chi connectivity index (χ2n) is 3.37. The van der Waals surface area contributed by atoms with Gasteiger partial charge < -0.3 is 15.2 Å². The molecular formula is C12H11F4NO2. The summed E-state index contributed by atoms with van der Waals surface area (Å²) in [6.07, 6.45) is -4.44. The number of hydrogen-bond donors (Lipinski definition) is 1. The Morgan fingerprint density at radius 2 is 2.00 bits per heavy atom. The van der Waals surface area contributed by atoms with E-state index in [4.69, 9.17) is 10.5 Å². The lowest BCUT2D eigenvalue weighted by atomic mass is 10.2. The van der Waals surface area contributed by atoms with Crippen LogP contribution in [0.4, 0.5) is 17.6 Å². The van der Waals surface area contributed by atoms with E-state index in [0.29, 0.717) is 5.56 Å². The van der Waals surface area contributed by atoms with Crippen molar-refractivity contribution in [2.24, 2.45) is 5.73 Å². The van der Waals surface area contributed by atoms with Crippen LogP contribution in [0, 0.1) is 17.7 Å². The highest BCUT2D eigenvalue weighted by Gasteiger charge is 2.27. The SMILES string of the molecule is NCC#Cc1ccc(F)cc1OCOCC(F)(F)F. The van der Waals surface area contributed by atoms with Gasteiger partial charge in [-0.05, 0) is 12.1 Å². The van der Waals surface area contributed by atoms with Gasteiger partial charge in [0.1, 0.15) is 18.2 Å². The lowest BCUT2D eigenvalue weighted by Crippen LogP contribution is -2.19. The third-order valence-electron chi connectivity index (χ3n) is 1.83. The molecule has 0 aliphatic heterocycles. The molecule has 0 aromatic heterocycles. The molecule has 0 aliphatic carbocycles. The average Bonchev–Trinajstić information content (AvgIpc) is 2.32. The molecule has 0 amide bonds. The van der Waals surface area contributed by atoms with Crippen molar-refractivity contribution in [1.29, 1.82) is 0 Å². The molecular weight excluding hydrogens is 266 g/mol. The minimum Gasteiger partial charge on any atom is -0.466 e. The van der Waals surface area contributed by atoms with Gasteiger partial charge in [-0.1, -0.05) is 11.8 Å². The molecule has 0 aliphatic rings. The summed E-state index contributed by atoms with van der Waals surface area (Å²) in [6.45, 7) is -1.99. The predicted octanol–water partition coefficient (Wildman–Crippen LogP) is 2.05. The molecule has 0 saturated carbocycles. The number of alkyl halides is 3. The maximum atomic E-state index is 13.0. The Labute approximate surface area is 107 Å². The Morgan fingerprint density at radius 3 is 2.63 bits per heavy atom. The van der Waals surface area contributed by atoms with Crippen LogP contribution in [0.15, 0.2) is 18.2 Å². The van der Waals surface area contributed by atoms with Gasteiger partial charge in [-0.2, -0.15) is 13.2 Å². The van der Waals surface area contributed by atoms with E-state index in [1.165, 1.54) is 6.07 Å². The Bertz CT molecular complexity index is 477. The van der Waals surface area contributed by atoms with Crippen LogP contribution in [0.25, 0.3) is 0 Å². The molecule has 2 N–H and O–H groups in total. The zero-order chi connectivity index (χ0) is 14.3. The molecule has 104 valence electrons. The molecule has 0 spiro atoms. The van der Waals surface area contributed by atoms with Gasteiger partial charge in [0.05, 0.1) is 12.1 Å². The van der Waals surface area contributed by atoms with Crippen molar-refractivity contribution in [2.75, 3.05) is 19.9 Å². The van der Waals surface area contributed by atoms with Crippen LogP contribution in [0.1, 0.15) is 5.56 Å². The molecule has 3 nitrogen and oxygen atoms in total. The van der Waals surface area contributed by atoms with Crippen LogP contribution < -0.4 is 10.5 Å². The highest BCUT2D eigenvalue weighted by Crippen LogP contribution is 2.20. The number of nitrogens with two attached hydrogens (primary N) is 1. The molecule has 0 radical (unpaired) electrons. The van der Waals surface area contributed by atoms with E-state index in [1.54, 1.807) is 0 Å². The maximum Gasteiger partial charge on any atom is 0.411 e. The van der Waals surface area contributed by atoms with Gasteiger partial charge in [0, 0.05) is 6.07 Å². The van der Waals surface area contributed by atoms with Crippen molar-refractivity contribution >= 4 is 0 Å². The smallest absolute Gasteiger partial charge is 0.411 e. The molecule has 0 saturated heterocycles. The highest BCUT2D eigenvalue weighted by molar-refractivity contribution is 5.46. The predicted molar refractivity (Wildman–Crippen MR) is 59.8 cm³/mol. The van der Waals surface area contributed by atoms with E-state index in [-0.39, 0.29) is 12.3 Å². The standard InChI is InChI=1S/C12H11F4NO2/c13-10-4-3-9(2-1-5-17)11(6-10)19-8-18-7-12(14,15)16/h3-4,6H,5,7-8,17H2. The Balaban J connectivity index is 2.63. The molecule has 0 bridgehead atoms. The third-order valence-corrected chi connectivity index (χ3v) is 1.83. The molecule has 7 heteroatoms. The monoisotopic (exact) mass is 277 g/mol. The molecule has 1 aromatic rings. The van der Waals surface area contributed by atoms with Crippen molar-refractivity contribution in [2.45, 2.75) is 6.18 Å². The number of hydrogen-bond acceptors (Lipinski definition) is 3. The highest BCUT2D eigenvalue weighted by atomic mass is 19.4. The minimum atomic E-state index is -4.44. The summed E-state index contributed by atoms with van der Waals surface area (Å²) in [5.41, 5.74) is 5.51. The van der Waals surface area contributed by atoms with Gasteiger partial charge in [-0.3, -0.25) is 0 Å². The van der Waals surface area contributed by atoms with Gasteiger partial charge >= 0.3 is 6.18 Å². The summed E-state index contributed by atoms with van der Waals surface area (Å²) in [5, 5.41) is 0. The Hall–Kier alpha value is -1.78. The molecule has 19 heavy (non-hydrogen) atoms. The third kappa shape index (κ3) is 6.08. The van der Waals surface area contributed by atoms with Crippen molar-refractivity contribution in [3.8, 4) is 17.6 Å². The lowest BCUT2D eigenvalue weighted by Gasteiger charge is -2.10. The van der Waals surface area contributed by atoms with Crippen molar-refractivity contribution in [3.63, 3.8) is 0 Å². The molecule has 1 rings (SSSR count). The van der Waals surface area contributed by atoms with Crippen molar-refractivity contribution in [3.05, 3.63) is 29.6 Å². The second-order valence-corrected chi connectivity index (χ2v) is 3.37. The zero-order valence-corrected chi connectivity index (χ0v) is 9.76. The summed E-state index contributed by atoms with van der Waals surface area (Å²) in [6, 6.07) is 3.51. The van der Waals surface area contributed by atoms with E-state index < -0.39 is 25.4 Å². The fourth-order valence-corrected chi connectivity index (χ4v) is 1.13. The van der Waals surface area contributed by atoms with Crippen LogP contribution >= 0.6 is 0 Å². The van der Waals surface area contributed by atoms with Gasteiger partial charge in [-0.25, -0.2) is 4.39 Å². The summed E-state index contributed by atoms with van der Waals surface area (Å²) in [5.74, 6) is 4.56. The van der Waals surface area contributed by atoms with E-state index in [0.717, 1.165) is 12.1 Å². The minimum absolute atomic E-state index is 0.00289. The Morgan fingerprint density at radius 1 is 1.26 bits per heavy atom. The second kappa shape index (κ2) is 6.97. The summed E-state index contributed by atoms with van der Waals surface area (Å²) < 4.78 is 57.6. The number of rotatable bonds is 4. The lowest BCUT2D eigenvalue weighted by molar-refractivity contribution is -0.186. The molecule has 0 fully saturated rings. The topological polar surface area (TPSA) is 44.5 Å². The molecule has 0 heterocycles. The zero-order valence-electron chi connectivity index (χ0n) is 9.76. The van der Waals surface area contributed by atoms with Crippen LogP contribution in [0.5, 0.6) is 5.75 Å². The van der Waals surface area contributed by atoms with Gasteiger partial charge in [0.15, 0.2) is 6.79 Å². The molecule has 1 aromatic carbocycles. The fraction of sp³-hybridized carbons (Fsp3) is 0.333. The van der Waals surface area contributed by atoms with Crippen LogP contribution in [0.2, 0.25) is 0 Å². The van der Waals surface area contributed by atoms with E-state index in [1.807, 2.05) is 0 Å². The van der Waals surface area contributed by atoms with Crippen LogP contribution in [0.3, 0.4) is 0 Å². The van der Waals surface area contributed by atoms with E-state index in [2.05, 4.69) is 16.6 Å². The fourth-order valence-electron chi connectivity index (χ4n) is 1.13. The summed E-state index contributed by atoms with van der Waals surface area (Å²) >= 11 is 0. The van der Waals surface area contributed by atoms with E-state index >= 15 is 0 Å². The first-order chi connectivity index (χ1) is 8.92. The van der Waals surface area contributed by atoms with Crippen molar-refractivity contribution in [1.82, 2.24) is 0 Å². The van der Waals surface area contributed by atoms with Crippen LogP contribution in [-0.2, 0) is 4.74 Å². The largest absolute Gasteiger partial charge is 0.466 e. The Kier molecular flexibility index (Phi) is 5.60. The van der Waals surface area contributed by atoms with Gasteiger partial charge in [0.25, 0.3) is 0 Å². The quantitative estimate of drug-likeness (QED) is 0.396. The van der Waals surface area contributed by atoms with Gasteiger partial charge in [0.2, 0.25) is 0 Å². The van der Waals surface area contributed by atoms with Crippen molar-refractivity contribution < 1.29 is 27.0 Å². The average molecular weight is 277 g/mol. The first-order valence-corrected chi connectivity index (χ1v) is 5.18. The normalized spacial score (nSPS) is 10.8. The molecule has 0 atom stereocenters. The van der Waals surface area contributed by atoms with Crippen LogP contribution in [-0.4, -0.2) is 26.1 Å². The number of benzene rings is 1. The molecule has 0 unspecified atom stereocenters. The maximum absolute atomic E-state index is 13.0. The van der Waals surface area contributed by atoms with Gasteiger partial charge in [-0.15, -0.1) is 0 Å². The summed E-state index contributed by atoms with van der Waals surface area (Å²) in [7, 11) is 0. The summed E-state index contributed by atoms with van der Waals surface area (Å²) in [4.78, 5) is 0. The van der Waals surface area contributed by atoms with E-state index in [9.17, 15) is 17.6 Å². The number of halogens is 4. The number of ether oxygens (including phenoxy) is 2.